The number of aromatic amines is 1. The first-order valence-corrected chi connectivity index (χ1v) is 14.1. The summed E-state index contributed by atoms with van der Waals surface area (Å²) in [5.74, 6) is 2.47. The number of terminal acetylenes is 1. The van der Waals surface area contributed by atoms with E-state index in [4.69, 9.17) is 11.5 Å². The Hall–Kier alpha value is -4.18. The molecule has 0 saturated carbocycles. The number of fused-ring (bicyclic) bond motifs is 4. The first kappa shape index (κ1) is 33.0. The van der Waals surface area contributed by atoms with Crippen molar-refractivity contribution < 1.29 is 0 Å². The molecule has 1 heterocycles. The topological polar surface area (TPSA) is 105 Å². The van der Waals surface area contributed by atoms with Crippen LogP contribution >= 0.6 is 0 Å². The number of anilines is 1. The van der Waals surface area contributed by atoms with Gasteiger partial charge in [0.05, 0.1) is 29.0 Å². The molecule has 6 nitrogen and oxygen atoms in total. The number of nitrogens with zero attached hydrogens (tertiary/aromatic N) is 2. The lowest BCUT2D eigenvalue weighted by molar-refractivity contribution is 0.736. The van der Waals surface area contributed by atoms with Crippen LogP contribution in [0.25, 0.3) is 43.7 Å². The van der Waals surface area contributed by atoms with Crippen molar-refractivity contribution in [1.82, 2.24) is 9.97 Å². The van der Waals surface area contributed by atoms with Crippen LogP contribution in [-0.4, -0.2) is 29.8 Å². The minimum absolute atomic E-state index is 0.402. The van der Waals surface area contributed by atoms with E-state index in [0.29, 0.717) is 13.1 Å². The molecule has 0 spiro atoms. The van der Waals surface area contributed by atoms with Crippen molar-refractivity contribution in [3.05, 3.63) is 66.5 Å². The van der Waals surface area contributed by atoms with Gasteiger partial charge in [0.25, 0.3) is 0 Å². The third-order valence-corrected chi connectivity index (χ3v) is 5.63. The Bertz CT molecular complexity index is 1580. The fraction of sp³-hybridized carbons (Fsp3) is 0.314. The molecule has 0 atom stereocenters. The highest BCUT2D eigenvalue weighted by atomic mass is 14.9. The van der Waals surface area contributed by atoms with Gasteiger partial charge in [-0.1, -0.05) is 77.9 Å². The Morgan fingerprint density at radius 3 is 1.90 bits per heavy atom. The highest BCUT2D eigenvalue weighted by Crippen LogP contribution is 2.36. The van der Waals surface area contributed by atoms with Crippen LogP contribution < -0.4 is 16.8 Å². The maximum atomic E-state index is 5.75. The van der Waals surface area contributed by atoms with Crippen molar-refractivity contribution in [2.45, 2.75) is 48.1 Å². The van der Waals surface area contributed by atoms with Gasteiger partial charge < -0.3 is 21.8 Å². The van der Waals surface area contributed by atoms with Gasteiger partial charge in [-0.3, -0.25) is 4.99 Å². The average molecular weight is 551 g/mol. The van der Waals surface area contributed by atoms with Crippen LogP contribution in [0.1, 0.15) is 47.4 Å². The Morgan fingerprint density at radius 1 is 0.829 bits per heavy atom. The van der Waals surface area contributed by atoms with Crippen LogP contribution in [0.4, 0.5) is 11.4 Å². The number of aromatic nitrogens is 2. The first-order valence-electron chi connectivity index (χ1n) is 14.1. The largest absolute Gasteiger partial charge is 0.386 e. The van der Waals surface area contributed by atoms with Gasteiger partial charge in [-0.05, 0) is 58.0 Å². The van der Waals surface area contributed by atoms with Gasteiger partial charge >= 0.3 is 0 Å². The van der Waals surface area contributed by atoms with Crippen LogP contribution in [0, 0.1) is 24.7 Å². The Kier molecular flexibility index (Phi) is 13.0. The molecule has 5 aromatic rings. The number of hydrogen-bond acceptors (Lipinski definition) is 5. The van der Waals surface area contributed by atoms with E-state index in [0.717, 1.165) is 61.6 Å². The minimum atomic E-state index is 0.402. The molecule has 6 heteroatoms. The summed E-state index contributed by atoms with van der Waals surface area (Å²) in [5.41, 5.74) is 17.5. The third-order valence-electron chi connectivity index (χ3n) is 5.63. The van der Waals surface area contributed by atoms with E-state index in [-0.39, 0.29) is 0 Å². The maximum Gasteiger partial charge on any atom is 0.121 e. The van der Waals surface area contributed by atoms with Crippen molar-refractivity contribution in [1.29, 1.82) is 0 Å². The zero-order valence-electron chi connectivity index (χ0n) is 25.6. The summed E-state index contributed by atoms with van der Waals surface area (Å²) in [6.45, 7) is 13.8. The van der Waals surface area contributed by atoms with Gasteiger partial charge in [0.2, 0.25) is 0 Å². The molecule has 41 heavy (non-hydrogen) atoms. The lowest BCUT2D eigenvalue weighted by atomic mass is 9.97. The van der Waals surface area contributed by atoms with E-state index in [1.807, 2.05) is 13.1 Å². The number of aliphatic imine (C=N–C) groups is 1. The summed E-state index contributed by atoms with van der Waals surface area (Å²) in [7, 11) is 1.92. The molecule has 0 aliphatic rings. The standard InChI is InChI=1S/C25H24N6.2C4H10.C2H2/c1-28-24-19-6-2-15(12-17(19)4-8-21(24)29-11-10-26)16-3-7-20-18(13-16)5-9-22-25(20)31-23(14-27)30-22;2*1-4(2)3;1-2/h2-9,11-13,28H,10,14,26-27H2,1H3,(H,30,31);2*4H,1-3H3;1-2H. The van der Waals surface area contributed by atoms with Crippen LogP contribution in [0.3, 0.4) is 0 Å². The average Bonchev–Trinajstić information content (AvgIpc) is 3.40. The normalized spacial score (nSPS) is 10.8. The summed E-state index contributed by atoms with van der Waals surface area (Å²) >= 11 is 0. The van der Waals surface area contributed by atoms with E-state index in [9.17, 15) is 0 Å². The quantitative estimate of drug-likeness (QED) is 0.130. The molecule has 0 bridgehead atoms. The molecule has 0 fully saturated rings. The van der Waals surface area contributed by atoms with E-state index in [2.05, 4.69) is 129 Å². The molecule has 216 valence electrons. The summed E-state index contributed by atoms with van der Waals surface area (Å²) in [5, 5.41) is 7.85. The zero-order chi connectivity index (χ0) is 30.5. The number of H-pyrrole nitrogens is 1. The SMILES string of the molecule is C#C.CC(C)C.CC(C)C.CNc1c(N=CCN)ccc2cc(-c3ccc4c(ccc5[nH]c(CN)nc54)c3)ccc12. The number of nitrogens with one attached hydrogen (secondary N) is 2. The second kappa shape index (κ2) is 16.2. The van der Waals surface area contributed by atoms with E-state index >= 15 is 0 Å². The van der Waals surface area contributed by atoms with Gasteiger partial charge in [-0.25, -0.2) is 4.98 Å². The number of rotatable bonds is 5. The predicted molar refractivity (Wildman–Crippen MR) is 182 cm³/mol. The van der Waals surface area contributed by atoms with Crippen molar-refractivity contribution in [3.63, 3.8) is 0 Å². The van der Waals surface area contributed by atoms with E-state index in [1.54, 1.807) is 6.21 Å². The number of benzene rings is 4. The summed E-state index contributed by atoms with van der Waals surface area (Å²) in [6, 6.07) is 21.3. The Morgan fingerprint density at radius 2 is 1.37 bits per heavy atom. The second-order valence-corrected chi connectivity index (χ2v) is 10.9. The second-order valence-electron chi connectivity index (χ2n) is 10.9. The molecule has 1 aromatic heterocycles. The molecule has 5 rings (SSSR count). The molecule has 6 N–H and O–H groups in total. The lowest BCUT2D eigenvalue weighted by Crippen LogP contribution is -1.99. The zero-order valence-corrected chi connectivity index (χ0v) is 25.6. The number of hydrogen-bond donors (Lipinski definition) is 4. The molecule has 0 radical (unpaired) electrons. The molecule has 0 aliphatic heterocycles. The van der Waals surface area contributed by atoms with Crippen molar-refractivity contribution in [2.24, 2.45) is 28.3 Å². The third kappa shape index (κ3) is 8.91. The number of imidazole rings is 1. The van der Waals surface area contributed by atoms with E-state index < -0.39 is 0 Å². The van der Waals surface area contributed by atoms with Crippen LogP contribution in [0.2, 0.25) is 0 Å². The molecular weight excluding hydrogens is 504 g/mol. The molecular formula is C35H46N6. The molecule has 0 amide bonds. The minimum Gasteiger partial charge on any atom is -0.386 e. The Labute approximate surface area is 245 Å². The molecule has 4 aromatic carbocycles. The fourth-order valence-corrected chi connectivity index (χ4v) is 4.15. The summed E-state index contributed by atoms with van der Waals surface area (Å²) < 4.78 is 0. The van der Waals surface area contributed by atoms with Crippen molar-refractivity contribution >= 4 is 50.2 Å². The summed E-state index contributed by atoms with van der Waals surface area (Å²) in [4.78, 5) is 12.4. The van der Waals surface area contributed by atoms with Gasteiger partial charge in [0.1, 0.15) is 5.82 Å². The Balaban J connectivity index is 0.000000516. The molecule has 0 unspecified atom stereocenters. The summed E-state index contributed by atoms with van der Waals surface area (Å²) in [6.07, 6.45) is 9.72. The van der Waals surface area contributed by atoms with Gasteiger partial charge in [0, 0.05) is 30.6 Å². The lowest BCUT2D eigenvalue weighted by Gasteiger charge is -2.12. The maximum absolute atomic E-state index is 5.75. The van der Waals surface area contributed by atoms with Crippen LogP contribution in [0.15, 0.2) is 65.7 Å². The highest BCUT2D eigenvalue weighted by Gasteiger charge is 2.10. The molecule has 0 aliphatic carbocycles. The monoisotopic (exact) mass is 550 g/mol. The van der Waals surface area contributed by atoms with Crippen molar-refractivity contribution in [2.75, 3.05) is 18.9 Å². The smallest absolute Gasteiger partial charge is 0.121 e. The fourth-order valence-electron chi connectivity index (χ4n) is 4.15. The van der Waals surface area contributed by atoms with Gasteiger partial charge in [-0.15, -0.1) is 12.8 Å². The highest BCUT2D eigenvalue weighted by molar-refractivity contribution is 6.06. The van der Waals surface area contributed by atoms with Crippen LogP contribution in [-0.2, 0) is 6.54 Å². The van der Waals surface area contributed by atoms with Gasteiger partial charge in [-0.2, -0.15) is 0 Å². The van der Waals surface area contributed by atoms with Gasteiger partial charge in [0.15, 0.2) is 0 Å². The molecule has 0 saturated heterocycles. The van der Waals surface area contributed by atoms with E-state index in [1.165, 1.54) is 11.1 Å². The van der Waals surface area contributed by atoms with Crippen molar-refractivity contribution in [3.8, 4) is 24.0 Å². The number of nitrogens with two attached hydrogens (primary N) is 2. The predicted octanol–water partition coefficient (Wildman–Crippen LogP) is 8.27. The van der Waals surface area contributed by atoms with Crippen LogP contribution in [0.5, 0.6) is 0 Å². The first-order chi connectivity index (χ1) is 19.7.